The average molecular weight is 334 g/mol. The standard InChI is InChI=1S/C16H18N2O4S/c1-11-5-6-13(16(19)20)10-18(11)23(21,22)15-4-2-3-12-9-17-8-7-14(12)15/h2-4,7-9,11,13H,5-6,10H2,1H3,(H,19,20). The van der Waals surface area contributed by atoms with Gasteiger partial charge in [-0.3, -0.25) is 9.78 Å². The molecule has 2 atom stereocenters. The van der Waals surface area contributed by atoms with Crippen molar-refractivity contribution in [1.82, 2.24) is 9.29 Å². The molecule has 0 spiro atoms. The van der Waals surface area contributed by atoms with Gasteiger partial charge < -0.3 is 5.11 Å². The van der Waals surface area contributed by atoms with Crippen LogP contribution < -0.4 is 0 Å². The fraction of sp³-hybridized carbons (Fsp3) is 0.375. The molecule has 2 aromatic rings. The number of fused-ring (bicyclic) bond motifs is 1. The van der Waals surface area contributed by atoms with E-state index in [0.717, 1.165) is 5.39 Å². The van der Waals surface area contributed by atoms with Gasteiger partial charge in [-0.05, 0) is 31.9 Å². The zero-order chi connectivity index (χ0) is 16.6. The SMILES string of the molecule is CC1CCC(C(=O)O)CN1S(=O)(=O)c1cccc2cnccc12. The Morgan fingerprint density at radius 1 is 1.30 bits per heavy atom. The molecule has 1 aromatic carbocycles. The third-order valence-electron chi connectivity index (χ3n) is 4.40. The van der Waals surface area contributed by atoms with Crippen molar-refractivity contribution < 1.29 is 18.3 Å². The predicted octanol–water partition coefficient (Wildman–Crippen LogP) is 2.11. The van der Waals surface area contributed by atoms with E-state index >= 15 is 0 Å². The quantitative estimate of drug-likeness (QED) is 0.929. The predicted molar refractivity (Wildman–Crippen MR) is 85.5 cm³/mol. The van der Waals surface area contributed by atoms with Gasteiger partial charge >= 0.3 is 5.97 Å². The number of pyridine rings is 1. The van der Waals surface area contributed by atoms with Crippen molar-refractivity contribution in [3.63, 3.8) is 0 Å². The van der Waals surface area contributed by atoms with Crippen LogP contribution >= 0.6 is 0 Å². The third kappa shape index (κ3) is 2.82. The lowest BCUT2D eigenvalue weighted by molar-refractivity contribution is -0.143. The van der Waals surface area contributed by atoms with Gasteiger partial charge in [-0.15, -0.1) is 0 Å². The highest BCUT2D eigenvalue weighted by molar-refractivity contribution is 7.89. The van der Waals surface area contributed by atoms with Crippen LogP contribution in [0.4, 0.5) is 0 Å². The Bertz CT molecular complexity index is 845. The molecule has 7 heteroatoms. The fourth-order valence-corrected chi connectivity index (χ4v) is 4.98. The molecule has 6 nitrogen and oxygen atoms in total. The summed E-state index contributed by atoms with van der Waals surface area (Å²) in [5.74, 6) is -1.60. The van der Waals surface area contributed by atoms with Gasteiger partial charge in [0.15, 0.2) is 0 Å². The number of sulfonamides is 1. The zero-order valence-corrected chi connectivity index (χ0v) is 13.5. The maximum Gasteiger partial charge on any atom is 0.307 e. The third-order valence-corrected chi connectivity index (χ3v) is 6.44. The minimum Gasteiger partial charge on any atom is -0.481 e. The van der Waals surface area contributed by atoms with E-state index in [1.54, 1.807) is 36.7 Å². The molecule has 1 aromatic heterocycles. The minimum absolute atomic E-state index is 0.0142. The number of nitrogens with zero attached hydrogens (tertiary/aromatic N) is 2. The summed E-state index contributed by atoms with van der Waals surface area (Å²) in [6, 6.07) is 6.51. The van der Waals surface area contributed by atoms with E-state index in [0.29, 0.717) is 18.2 Å². The molecule has 3 rings (SSSR count). The van der Waals surface area contributed by atoms with Crippen molar-refractivity contribution in [1.29, 1.82) is 0 Å². The second-order valence-corrected chi connectivity index (χ2v) is 7.75. The van der Waals surface area contributed by atoms with Crippen LogP contribution in [0.15, 0.2) is 41.6 Å². The van der Waals surface area contributed by atoms with E-state index in [2.05, 4.69) is 4.98 Å². The van der Waals surface area contributed by atoms with Crippen LogP contribution in [0.1, 0.15) is 19.8 Å². The van der Waals surface area contributed by atoms with Crippen LogP contribution in [-0.4, -0.2) is 41.4 Å². The molecule has 0 radical (unpaired) electrons. The highest BCUT2D eigenvalue weighted by atomic mass is 32.2. The Balaban J connectivity index is 2.07. The van der Waals surface area contributed by atoms with Crippen molar-refractivity contribution in [2.45, 2.75) is 30.7 Å². The molecule has 2 unspecified atom stereocenters. The van der Waals surface area contributed by atoms with Crippen LogP contribution in [0.5, 0.6) is 0 Å². The van der Waals surface area contributed by atoms with Crippen LogP contribution in [0, 0.1) is 5.92 Å². The second-order valence-electron chi connectivity index (χ2n) is 5.89. The average Bonchev–Trinajstić information content (AvgIpc) is 2.54. The summed E-state index contributed by atoms with van der Waals surface area (Å²) in [6.07, 6.45) is 4.22. The van der Waals surface area contributed by atoms with Crippen molar-refractivity contribution in [2.75, 3.05) is 6.54 Å². The Hall–Kier alpha value is -1.99. The molecule has 2 heterocycles. The zero-order valence-electron chi connectivity index (χ0n) is 12.7. The van der Waals surface area contributed by atoms with Crippen molar-refractivity contribution in [2.24, 2.45) is 5.92 Å². The molecular formula is C16H18N2O4S. The molecule has 23 heavy (non-hydrogen) atoms. The van der Waals surface area contributed by atoms with Gasteiger partial charge in [0.2, 0.25) is 10.0 Å². The number of carbonyl (C=O) groups is 1. The number of hydrogen-bond donors (Lipinski definition) is 1. The fourth-order valence-electron chi connectivity index (χ4n) is 3.06. The van der Waals surface area contributed by atoms with E-state index in [4.69, 9.17) is 0 Å². The first kappa shape index (κ1) is 15.9. The summed E-state index contributed by atoms with van der Waals surface area (Å²) >= 11 is 0. The maximum absolute atomic E-state index is 13.1. The van der Waals surface area contributed by atoms with E-state index in [1.807, 2.05) is 6.92 Å². The molecule has 122 valence electrons. The van der Waals surface area contributed by atoms with E-state index < -0.39 is 21.9 Å². The largest absolute Gasteiger partial charge is 0.481 e. The Kier molecular flexibility index (Phi) is 4.08. The number of carboxylic acid groups (broad SMARTS) is 1. The number of hydrogen-bond acceptors (Lipinski definition) is 4. The van der Waals surface area contributed by atoms with Gasteiger partial charge in [-0.2, -0.15) is 4.31 Å². The van der Waals surface area contributed by atoms with Gasteiger partial charge in [0.25, 0.3) is 0 Å². The Morgan fingerprint density at radius 3 is 2.83 bits per heavy atom. The highest BCUT2D eigenvalue weighted by Gasteiger charge is 2.37. The smallest absolute Gasteiger partial charge is 0.307 e. The molecule has 0 bridgehead atoms. The summed E-state index contributed by atoms with van der Waals surface area (Å²) < 4.78 is 27.5. The summed E-state index contributed by atoms with van der Waals surface area (Å²) in [6.45, 7) is 1.84. The van der Waals surface area contributed by atoms with E-state index in [9.17, 15) is 18.3 Å². The summed E-state index contributed by atoms with van der Waals surface area (Å²) in [4.78, 5) is 15.5. The Labute approximate surface area is 134 Å². The van der Waals surface area contributed by atoms with Gasteiger partial charge in [0, 0.05) is 35.8 Å². The van der Waals surface area contributed by atoms with Crippen LogP contribution in [0.3, 0.4) is 0 Å². The van der Waals surface area contributed by atoms with Crippen LogP contribution in [0.25, 0.3) is 10.8 Å². The van der Waals surface area contributed by atoms with Crippen LogP contribution in [0.2, 0.25) is 0 Å². The number of aliphatic carboxylic acids is 1. The first-order valence-corrected chi connectivity index (χ1v) is 8.92. The second kappa shape index (κ2) is 5.90. The number of aromatic nitrogens is 1. The molecule has 1 N–H and O–H groups in total. The van der Waals surface area contributed by atoms with E-state index in [-0.39, 0.29) is 17.5 Å². The van der Waals surface area contributed by atoms with Gasteiger partial charge in [-0.25, -0.2) is 8.42 Å². The molecule has 1 aliphatic heterocycles. The molecule has 0 aliphatic carbocycles. The summed E-state index contributed by atoms with van der Waals surface area (Å²) in [7, 11) is -3.76. The van der Waals surface area contributed by atoms with Crippen LogP contribution in [-0.2, 0) is 14.8 Å². The van der Waals surface area contributed by atoms with Crippen molar-refractivity contribution in [3.8, 4) is 0 Å². The number of rotatable bonds is 3. The monoisotopic (exact) mass is 334 g/mol. The maximum atomic E-state index is 13.1. The molecule has 1 aliphatic rings. The molecule has 1 saturated heterocycles. The molecule has 0 saturated carbocycles. The number of benzene rings is 1. The lowest BCUT2D eigenvalue weighted by Crippen LogP contribution is -2.47. The molecule has 0 amide bonds. The number of carboxylic acids is 1. The number of piperidine rings is 1. The topological polar surface area (TPSA) is 87.6 Å². The van der Waals surface area contributed by atoms with Crippen molar-refractivity contribution in [3.05, 3.63) is 36.7 Å². The van der Waals surface area contributed by atoms with E-state index in [1.165, 1.54) is 4.31 Å². The first-order valence-electron chi connectivity index (χ1n) is 7.48. The normalized spacial score (nSPS) is 23.0. The first-order chi connectivity index (χ1) is 10.9. The lowest BCUT2D eigenvalue weighted by atomic mass is 9.96. The lowest BCUT2D eigenvalue weighted by Gasteiger charge is -2.35. The van der Waals surface area contributed by atoms with Gasteiger partial charge in [0.1, 0.15) is 0 Å². The summed E-state index contributed by atoms with van der Waals surface area (Å²) in [5.41, 5.74) is 0. The van der Waals surface area contributed by atoms with Crippen molar-refractivity contribution >= 4 is 26.8 Å². The Morgan fingerprint density at radius 2 is 2.09 bits per heavy atom. The molecular weight excluding hydrogens is 316 g/mol. The highest BCUT2D eigenvalue weighted by Crippen LogP contribution is 2.31. The minimum atomic E-state index is -3.76. The summed E-state index contributed by atoms with van der Waals surface area (Å²) in [5, 5.41) is 10.6. The van der Waals surface area contributed by atoms with Gasteiger partial charge in [-0.1, -0.05) is 12.1 Å². The molecule has 1 fully saturated rings. The van der Waals surface area contributed by atoms with Gasteiger partial charge in [0.05, 0.1) is 10.8 Å².